The van der Waals surface area contributed by atoms with Crippen molar-refractivity contribution in [3.63, 3.8) is 0 Å². The summed E-state index contributed by atoms with van der Waals surface area (Å²) in [5, 5.41) is 13.2. The highest BCUT2D eigenvalue weighted by atomic mass is 16.5. The smallest absolute Gasteiger partial charge is 0.118 e. The summed E-state index contributed by atoms with van der Waals surface area (Å²) >= 11 is 0. The number of aliphatic hydroxyl groups is 1. The van der Waals surface area contributed by atoms with Crippen LogP contribution in [0.25, 0.3) is 10.8 Å². The van der Waals surface area contributed by atoms with E-state index in [1.165, 1.54) is 5.39 Å². The van der Waals surface area contributed by atoms with Gasteiger partial charge in [-0.15, -0.1) is 0 Å². The second-order valence-electron chi connectivity index (χ2n) is 5.36. The SMILES string of the molecule is COc1ccc(C(C)(O)c2ccc3ccccc3c2)cc1. The Labute approximate surface area is 124 Å². The lowest BCUT2D eigenvalue weighted by Crippen LogP contribution is -2.22. The maximum atomic E-state index is 10.9. The lowest BCUT2D eigenvalue weighted by atomic mass is 9.87. The molecule has 0 amide bonds. The Morgan fingerprint density at radius 3 is 2.10 bits per heavy atom. The number of hydrogen-bond acceptors (Lipinski definition) is 2. The Kier molecular flexibility index (Phi) is 3.40. The number of fused-ring (bicyclic) bond motifs is 1. The Hall–Kier alpha value is -2.32. The predicted octanol–water partition coefficient (Wildman–Crippen LogP) is 4.10. The molecule has 0 saturated heterocycles. The van der Waals surface area contributed by atoms with Crippen LogP contribution in [0.4, 0.5) is 0 Å². The monoisotopic (exact) mass is 278 g/mol. The summed E-state index contributed by atoms with van der Waals surface area (Å²) in [4.78, 5) is 0. The van der Waals surface area contributed by atoms with E-state index < -0.39 is 5.60 Å². The average molecular weight is 278 g/mol. The van der Waals surface area contributed by atoms with Crippen molar-refractivity contribution >= 4 is 10.8 Å². The van der Waals surface area contributed by atoms with Crippen LogP contribution in [0, 0.1) is 0 Å². The molecule has 3 aromatic rings. The van der Waals surface area contributed by atoms with Gasteiger partial charge in [0.1, 0.15) is 11.4 Å². The molecule has 0 aromatic heterocycles. The Morgan fingerprint density at radius 1 is 0.810 bits per heavy atom. The van der Waals surface area contributed by atoms with Crippen LogP contribution < -0.4 is 4.74 Å². The zero-order valence-electron chi connectivity index (χ0n) is 12.2. The van der Waals surface area contributed by atoms with Crippen LogP contribution in [0.1, 0.15) is 18.1 Å². The molecule has 0 spiro atoms. The van der Waals surface area contributed by atoms with Crippen molar-refractivity contribution in [1.29, 1.82) is 0 Å². The molecule has 2 nitrogen and oxygen atoms in total. The lowest BCUT2D eigenvalue weighted by molar-refractivity contribution is 0.102. The Morgan fingerprint density at radius 2 is 1.43 bits per heavy atom. The van der Waals surface area contributed by atoms with Gasteiger partial charge in [0.15, 0.2) is 0 Å². The molecule has 1 atom stereocenters. The second kappa shape index (κ2) is 5.23. The van der Waals surface area contributed by atoms with Gasteiger partial charge in [-0.25, -0.2) is 0 Å². The van der Waals surface area contributed by atoms with E-state index in [0.29, 0.717) is 0 Å². The van der Waals surface area contributed by atoms with Gasteiger partial charge in [-0.05, 0) is 47.0 Å². The summed E-state index contributed by atoms with van der Waals surface area (Å²) in [6.07, 6.45) is 0. The molecular weight excluding hydrogens is 260 g/mol. The van der Waals surface area contributed by atoms with E-state index in [1.807, 2.05) is 61.5 Å². The van der Waals surface area contributed by atoms with Crippen LogP contribution in [0.3, 0.4) is 0 Å². The molecule has 2 heteroatoms. The first-order valence-corrected chi connectivity index (χ1v) is 6.97. The average Bonchev–Trinajstić information content (AvgIpc) is 2.54. The van der Waals surface area contributed by atoms with E-state index in [0.717, 1.165) is 22.3 Å². The zero-order chi connectivity index (χ0) is 14.9. The summed E-state index contributed by atoms with van der Waals surface area (Å²) in [5.74, 6) is 0.785. The predicted molar refractivity (Wildman–Crippen MR) is 85.6 cm³/mol. The highest BCUT2D eigenvalue weighted by Gasteiger charge is 2.25. The minimum Gasteiger partial charge on any atom is -0.497 e. The number of rotatable bonds is 3. The third-order valence-electron chi connectivity index (χ3n) is 3.96. The summed E-state index contributed by atoms with van der Waals surface area (Å²) < 4.78 is 5.16. The van der Waals surface area contributed by atoms with E-state index in [-0.39, 0.29) is 0 Å². The van der Waals surface area contributed by atoms with Gasteiger partial charge in [0.25, 0.3) is 0 Å². The number of benzene rings is 3. The van der Waals surface area contributed by atoms with Gasteiger partial charge in [0.2, 0.25) is 0 Å². The molecule has 0 bridgehead atoms. The molecule has 0 aliphatic carbocycles. The topological polar surface area (TPSA) is 29.5 Å². The quantitative estimate of drug-likeness (QED) is 0.781. The van der Waals surface area contributed by atoms with Crippen LogP contribution in [-0.4, -0.2) is 12.2 Å². The second-order valence-corrected chi connectivity index (χ2v) is 5.36. The first kappa shape index (κ1) is 13.7. The molecule has 0 aliphatic rings. The molecule has 1 unspecified atom stereocenters. The fourth-order valence-electron chi connectivity index (χ4n) is 2.57. The highest BCUT2D eigenvalue weighted by molar-refractivity contribution is 5.83. The summed E-state index contributed by atoms with van der Waals surface area (Å²) in [7, 11) is 1.64. The van der Waals surface area contributed by atoms with E-state index in [1.54, 1.807) is 7.11 Å². The lowest BCUT2D eigenvalue weighted by Gasteiger charge is -2.25. The highest BCUT2D eigenvalue weighted by Crippen LogP contribution is 2.32. The van der Waals surface area contributed by atoms with Gasteiger partial charge in [-0.2, -0.15) is 0 Å². The molecule has 0 radical (unpaired) electrons. The number of hydrogen-bond donors (Lipinski definition) is 1. The van der Waals surface area contributed by atoms with E-state index in [4.69, 9.17) is 4.74 Å². The first-order valence-electron chi connectivity index (χ1n) is 6.97. The van der Waals surface area contributed by atoms with Crippen molar-refractivity contribution < 1.29 is 9.84 Å². The maximum Gasteiger partial charge on any atom is 0.118 e. The van der Waals surface area contributed by atoms with Crippen molar-refractivity contribution in [2.24, 2.45) is 0 Å². The molecule has 0 fully saturated rings. The third-order valence-corrected chi connectivity index (χ3v) is 3.96. The van der Waals surface area contributed by atoms with Crippen molar-refractivity contribution in [2.75, 3.05) is 7.11 Å². The Balaban J connectivity index is 2.05. The summed E-state index contributed by atoms with van der Waals surface area (Å²) in [5.41, 5.74) is 0.695. The molecule has 0 aliphatic heterocycles. The maximum absolute atomic E-state index is 10.9. The number of methoxy groups -OCH3 is 1. The fraction of sp³-hybridized carbons (Fsp3) is 0.158. The van der Waals surface area contributed by atoms with Crippen molar-refractivity contribution in [3.05, 3.63) is 77.9 Å². The minimum absolute atomic E-state index is 0.785. The van der Waals surface area contributed by atoms with Crippen molar-refractivity contribution in [3.8, 4) is 5.75 Å². The van der Waals surface area contributed by atoms with Crippen LogP contribution >= 0.6 is 0 Å². The van der Waals surface area contributed by atoms with Gasteiger partial charge in [-0.1, -0.05) is 48.5 Å². The van der Waals surface area contributed by atoms with Crippen LogP contribution in [0.15, 0.2) is 66.7 Å². The van der Waals surface area contributed by atoms with E-state index in [2.05, 4.69) is 12.1 Å². The molecule has 1 N–H and O–H groups in total. The van der Waals surface area contributed by atoms with Gasteiger partial charge >= 0.3 is 0 Å². The molecule has 21 heavy (non-hydrogen) atoms. The largest absolute Gasteiger partial charge is 0.497 e. The Bertz CT molecular complexity index is 758. The molecule has 3 rings (SSSR count). The number of ether oxygens (including phenoxy) is 1. The van der Waals surface area contributed by atoms with Gasteiger partial charge in [0, 0.05) is 0 Å². The van der Waals surface area contributed by atoms with Crippen molar-refractivity contribution in [1.82, 2.24) is 0 Å². The normalized spacial score (nSPS) is 13.9. The first-order chi connectivity index (χ1) is 10.1. The standard InChI is InChI=1S/C19H18O2/c1-19(20,16-9-11-18(21-2)12-10-16)17-8-7-14-5-3-4-6-15(14)13-17/h3-13,20H,1-2H3. The van der Waals surface area contributed by atoms with Gasteiger partial charge < -0.3 is 9.84 Å². The minimum atomic E-state index is -1.03. The molecule has 0 saturated carbocycles. The van der Waals surface area contributed by atoms with Gasteiger partial charge in [0.05, 0.1) is 7.11 Å². The van der Waals surface area contributed by atoms with Crippen molar-refractivity contribution in [2.45, 2.75) is 12.5 Å². The zero-order valence-corrected chi connectivity index (χ0v) is 12.2. The van der Waals surface area contributed by atoms with E-state index >= 15 is 0 Å². The molecular formula is C19H18O2. The fourth-order valence-corrected chi connectivity index (χ4v) is 2.57. The van der Waals surface area contributed by atoms with Crippen LogP contribution in [0.5, 0.6) is 5.75 Å². The van der Waals surface area contributed by atoms with E-state index in [9.17, 15) is 5.11 Å². The molecule has 0 heterocycles. The molecule has 3 aromatic carbocycles. The van der Waals surface area contributed by atoms with Crippen LogP contribution in [-0.2, 0) is 5.60 Å². The van der Waals surface area contributed by atoms with Crippen LogP contribution in [0.2, 0.25) is 0 Å². The summed E-state index contributed by atoms with van der Waals surface area (Å²) in [6.45, 7) is 1.82. The third kappa shape index (κ3) is 2.50. The van der Waals surface area contributed by atoms with Gasteiger partial charge in [-0.3, -0.25) is 0 Å². The molecule has 106 valence electrons. The summed E-state index contributed by atoms with van der Waals surface area (Å²) in [6, 6.07) is 21.7.